The summed E-state index contributed by atoms with van der Waals surface area (Å²) in [7, 11) is 0. The number of ether oxygens (including phenoxy) is 1. The number of halogens is 3. The van der Waals surface area contributed by atoms with Gasteiger partial charge in [-0.05, 0) is 45.9 Å². The van der Waals surface area contributed by atoms with Gasteiger partial charge >= 0.3 is 6.09 Å². The predicted molar refractivity (Wildman–Crippen MR) is 73.8 cm³/mol. The number of hydrogen-bond donors (Lipinski definition) is 2. The van der Waals surface area contributed by atoms with E-state index in [9.17, 15) is 18.0 Å². The Bertz CT molecular complexity index is 525. The van der Waals surface area contributed by atoms with Crippen LogP contribution in [-0.2, 0) is 10.3 Å². The van der Waals surface area contributed by atoms with Crippen LogP contribution in [0.2, 0.25) is 0 Å². The van der Waals surface area contributed by atoms with Gasteiger partial charge in [0.1, 0.15) is 17.0 Å². The van der Waals surface area contributed by atoms with Gasteiger partial charge < -0.3 is 10.5 Å². The molecule has 0 fully saturated rings. The third-order valence-electron chi connectivity index (χ3n) is 2.65. The van der Waals surface area contributed by atoms with Crippen molar-refractivity contribution in [2.75, 3.05) is 5.32 Å². The van der Waals surface area contributed by atoms with Crippen LogP contribution in [0.4, 0.5) is 23.7 Å². The fraction of sp³-hybridized carbons (Fsp3) is 0.500. The summed E-state index contributed by atoms with van der Waals surface area (Å²) in [6, 6.07) is 3.08. The summed E-state index contributed by atoms with van der Waals surface area (Å²) in [4.78, 5) is 11.7. The van der Waals surface area contributed by atoms with Gasteiger partial charge in [-0.1, -0.05) is 0 Å². The van der Waals surface area contributed by atoms with Crippen molar-refractivity contribution in [2.24, 2.45) is 5.73 Å². The Morgan fingerprint density at radius 2 is 1.86 bits per heavy atom. The number of benzene rings is 1. The predicted octanol–water partition coefficient (Wildman–Crippen LogP) is 3.61. The van der Waals surface area contributed by atoms with Crippen molar-refractivity contribution in [1.29, 1.82) is 0 Å². The van der Waals surface area contributed by atoms with Gasteiger partial charge in [-0.3, -0.25) is 5.32 Å². The van der Waals surface area contributed by atoms with Crippen molar-refractivity contribution < 1.29 is 22.7 Å². The second kappa shape index (κ2) is 5.93. The summed E-state index contributed by atoms with van der Waals surface area (Å²) in [5.74, 6) is -0.725. The maximum absolute atomic E-state index is 13.3. The molecule has 1 aromatic rings. The van der Waals surface area contributed by atoms with Gasteiger partial charge in [-0.15, -0.1) is 0 Å². The molecule has 1 atom stereocenters. The van der Waals surface area contributed by atoms with E-state index in [2.05, 4.69) is 5.32 Å². The fourth-order valence-corrected chi connectivity index (χ4v) is 1.60. The van der Waals surface area contributed by atoms with Crippen molar-refractivity contribution in [2.45, 2.75) is 45.3 Å². The highest BCUT2D eigenvalue weighted by atomic mass is 19.3. The molecule has 1 amide bonds. The standard InChI is InChI=1S/C14H19F3N2O2/c1-13(2,3)21-12(20)19-10-6-5-8(15)7-9(10)14(4,18)11(16)17/h5-7,11H,18H2,1-4H3,(H,19,20). The van der Waals surface area contributed by atoms with Gasteiger partial charge in [-0.2, -0.15) is 0 Å². The molecule has 0 saturated carbocycles. The van der Waals surface area contributed by atoms with Gasteiger partial charge in [0.2, 0.25) is 0 Å². The Balaban J connectivity index is 3.11. The third kappa shape index (κ3) is 4.63. The summed E-state index contributed by atoms with van der Waals surface area (Å²) in [5.41, 5.74) is 2.47. The largest absolute Gasteiger partial charge is 0.444 e. The van der Waals surface area contributed by atoms with E-state index in [0.29, 0.717) is 0 Å². The normalized spacial score (nSPS) is 14.7. The number of nitrogens with one attached hydrogen (secondary N) is 1. The highest BCUT2D eigenvalue weighted by Gasteiger charge is 2.35. The quantitative estimate of drug-likeness (QED) is 0.896. The molecule has 0 heterocycles. The van der Waals surface area contributed by atoms with Crippen LogP contribution < -0.4 is 11.1 Å². The minimum atomic E-state index is -2.93. The number of alkyl halides is 2. The van der Waals surface area contributed by atoms with E-state index >= 15 is 0 Å². The minimum absolute atomic E-state index is 0.0176. The second-order valence-corrected chi connectivity index (χ2v) is 5.90. The lowest BCUT2D eigenvalue weighted by atomic mass is 9.92. The maximum Gasteiger partial charge on any atom is 0.412 e. The molecule has 0 spiro atoms. The Morgan fingerprint density at radius 1 is 1.29 bits per heavy atom. The molecule has 0 saturated heterocycles. The molecule has 0 aliphatic heterocycles. The van der Waals surface area contributed by atoms with Crippen LogP contribution in [0.5, 0.6) is 0 Å². The summed E-state index contributed by atoms with van der Waals surface area (Å²) < 4.78 is 44.4. The molecule has 118 valence electrons. The van der Waals surface area contributed by atoms with E-state index in [4.69, 9.17) is 10.5 Å². The Kier molecular flexibility index (Phi) is 4.88. The van der Waals surface area contributed by atoms with E-state index in [-0.39, 0.29) is 11.3 Å². The van der Waals surface area contributed by atoms with Crippen LogP contribution in [-0.4, -0.2) is 18.1 Å². The Morgan fingerprint density at radius 3 is 2.33 bits per heavy atom. The summed E-state index contributed by atoms with van der Waals surface area (Å²) in [5, 5.41) is 2.31. The molecular formula is C14H19F3N2O2. The summed E-state index contributed by atoms with van der Waals surface area (Å²) in [6.45, 7) is 6.03. The Hall–Kier alpha value is -1.76. The highest BCUT2D eigenvalue weighted by Crippen LogP contribution is 2.32. The van der Waals surface area contributed by atoms with E-state index < -0.39 is 29.5 Å². The molecule has 0 aromatic heterocycles. The van der Waals surface area contributed by atoms with E-state index in [1.807, 2.05) is 0 Å². The molecule has 1 aromatic carbocycles. The number of carbonyl (C=O) groups is 1. The summed E-state index contributed by atoms with van der Waals surface area (Å²) >= 11 is 0. The van der Waals surface area contributed by atoms with Gasteiger partial charge in [-0.25, -0.2) is 18.0 Å². The molecule has 3 N–H and O–H groups in total. The molecule has 7 heteroatoms. The van der Waals surface area contributed by atoms with Gasteiger partial charge in [0.25, 0.3) is 6.43 Å². The first-order chi connectivity index (χ1) is 9.43. The zero-order valence-corrected chi connectivity index (χ0v) is 12.3. The molecule has 0 bridgehead atoms. The van der Waals surface area contributed by atoms with Crippen molar-refractivity contribution in [3.8, 4) is 0 Å². The number of nitrogens with two attached hydrogens (primary N) is 1. The lowest BCUT2D eigenvalue weighted by Crippen LogP contribution is -2.41. The molecule has 1 unspecified atom stereocenters. The molecule has 1 rings (SSSR count). The average Bonchev–Trinajstić information content (AvgIpc) is 2.28. The number of amides is 1. The van der Waals surface area contributed by atoms with Crippen LogP contribution in [0.25, 0.3) is 0 Å². The number of carbonyl (C=O) groups excluding carboxylic acids is 1. The maximum atomic E-state index is 13.3. The number of hydrogen-bond acceptors (Lipinski definition) is 3. The zero-order chi connectivity index (χ0) is 16.4. The monoisotopic (exact) mass is 304 g/mol. The van der Waals surface area contributed by atoms with Gasteiger partial charge in [0.15, 0.2) is 0 Å². The first-order valence-corrected chi connectivity index (χ1v) is 6.30. The topological polar surface area (TPSA) is 64.3 Å². The van der Waals surface area contributed by atoms with Crippen LogP contribution in [0.1, 0.15) is 33.3 Å². The van der Waals surface area contributed by atoms with Crippen molar-refractivity contribution in [3.05, 3.63) is 29.6 Å². The number of anilines is 1. The minimum Gasteiger partial charge on any atom is -0.444 e. The SMILES string of the molecule is CC(C)(C)OC(=O)Nc1ccc(F)cc1C(C)(N)C(F)F. The van der Waals surface area contributed by atoms with E-state index in [1.54, 1.807) is 20.8 Å². The van der Waals surface area contributed by atoms with Crippen molar-refractivity contribution in [3.63, 3.8) is 0 Å². The first-order valence-electron chi connectivity index (χ1n) is 6.30. The average molecular weight is 304 g/mol. The van der Waals surface area contributed by atoms with E-state index in [1.165, 1.54) is 6.07 Å². The summed E-state index contributed by atoms with van der Waals surface area (Å²) in [6.07, 6.45) is -3.76. The lowest BCUT2D eigenvalue weighted by Gasteiger charge is -2.27. The Labute approximate surface area is 121 Å². The highest BCUT2D eigenvalue weighted by molar-refractivity contribution is 5.86. The van der Waals surface area contributed by atoms with Crippen LogP contribution >= 0.6 is 0 Å². The molecule has 21 heavy (non-hydrogen) atoms. The van der Waals surface area contributed by atoms with Crippen molar-refractivity contribution in [1.82, 2.24) is 0 Å². The van der Waals surface area contributed by atoms with Crippen molar-refractivity contribution >= 4 is 11.8 Å². The third-order valence-corrected chi connectivity index (χ3v) is 2.65. The molecule has 0 aliphatic rings. The van der Waals surface area contributed by atoms with Gasteiger partial charge in [0, 0.05) is 11.3 Å². The first kappa shape index (κ1) is 17.3. The van der Waals surface area contributed by atoms with Crippen LogP contribution in [0, 0.1) is 5.82 Å². The number of rotatable bonds is 3. The van der Waals surface area contributed by atoms with Crippen LogP contribution in [0.3, 0.4) is 0 Å². The zero-order valence-electron chi connectivity index (χ0n) is 12.3. The van der Waals surface area contributed by atoms with Gasteiger partial charge in [0.05, 0.1) is 0 Å². The molecule has 0 radical (unpaired) electrons. The second-order valence-electron chi connectivity index (χ2n) is 5.90. The fourth-order valence-electron chi connectivity index (χ4n) is 1.60. The molecule has 4 nitrogen and oxygen atoms in total. The molecular weight excluding hydrogens is 285 g/mol. The molecule has 0 aliphatic carbocycles. The lowest BCUT2D eigenvalue weighted by molar-refractivity contribution is 0.0604. The van der Waals surface area contributed by atoms with E-state index in [0.717, 1.165) is 19.1 Å². The smallest absolute Gasteiger partial charge is 0.412 e. The van der Waals surface area contributed by atoms with Crippen LogP contribution in [0.15, 0.2) is 18.2 Å².